The molecule has 0 atom stereocenters. The van der Waals surface area contributed by atoms with Gasteiger partial charge in [-0.15, -0.1) is 0 Å². The fraction of sp³-hybridized carbons (Fsp3) is 0.267. The third-order valence-corrected chi connectivity index (χ3v) is 3.40. The number of nitrogens with one attached hydrogen (secondary N) is 1. The van der Waals surface area contributed by atoms with Crippen molar-refractivity contribution in [3.63, 3.8) is 0 Å². The Morgan fingerprint density at radius 1 is 1.17 bits per heavy atom. The third-order valence-electron chi connectivity index (χ3n) is 3.40. The third kappa shape index (κ3) is 2.22. The summed E-state index contributed by atoms with van der Waals surface area (Å²) in [5, 5.41) is 3.15. The zero-order valence-electron chi connectivity index (χ0n) is 10.6. The van der Waals surface area contributed by atoms with E-state index in [4.69, 9.17) is 0 Å². The van der Waals surface area contributed by atoms with Crippen LogP contribution in [0.4, 0.5) is 5.69 Å². The van der Waals surface area contributed by atoms with Gasteiger partial charge >= 0.3 is 0 Å². The predicted octanol–water partition coefficient (Wildman–Crippen LogP) is 2.64. The van der Waals surface area contributed by atoms with Crippen molar-refractivity contribution >= 4 is 5.69 Å². The molecule has 1 aliphatic rings. The topological polar surface area (TPSA) is 28.2 Å². The lowest BCUT2D eigenvalue weighted by atomic mass is 10.1. The van der Waals surface area contributed by atoms with Gasteiger partial charge in [-0.1, -0.05) is 24.3 Å². The fourth-order valence-electron chi connectivity index (χ4n) is 2.46. The summed E-state index contributed by atoms with van der Waals surface area (Å²) in [7, 11) is 1.94. The number of anilines is 1. The molecule has 0 radical (unpaired) electrons. The molecule has 2 heterocycles. The molecular formula is C15H17N3. The molecular weight excluding hydrogens is 222 g/mol. The summed E-state index contributed by atoms with van der Waals surface area (Å²) in [5.41, 5.74) is 5.14. The average Bonchev–Trinajstić information content (AvgIpc) is 2.81. The number of fused-ring (bicyclic) bond motifs is 1. The normalized spacial score (nSPS) is 14.5. The highest BCUT2D eigenvalue weighted by atomic mass is 15.1. The van der Waals surface area contributed by atoms with E-state index in [9.17, 15) is 0 Å². The van der Waals surface area contributed by atoms with Gasteiger partial charge in [0.05, 0.1) is 5.69 Å². The van der Waals surface area contributed by atoms with Crippen LogP contribution in [0.25, 0.3) is 0 Å². The Morgan fingerprint density at radius 2 is 1.89 bits per heavy atom. The number of hydrogen-bond donors (Lipinski definition) is 1. The molecule has 0 bridgehead atoms. The number of nitrogens with zero attached hydrogens (tertiary/aromatic N) is 2. The van der Waals surface area contributed by atoms with Gasteiger partial charge in [0.25, 0.3) is 0 Å². The predicted molar refractivity (Wildman–Crippen MR) is 73.2 cm³/mol. The van der Waals surface area contributed by atoms with E-state index in [0.29, 0.717) is 0 Å². The van der Waals surface area contributed by atoms with E-state index in [1.807, 2.05) is 19.3 Å². The second kappa shape index (κ2) is 4.78. The molecule has 0 saturated heterocycles. The summed E-state index contributed by atoms with van der Waals surface area (Å²) in [6.45, 7) is 2.97. The van der Waals surface area contributed by atoms with Crippen molar-refractivity contribution in [3.8, 4) is 0 Å². The summed E-state index contributed by atoms with van der Waals surface area (Å²) < 4.78 is 0. The van der Waals surface area contributed by atoms with Gasteiger partial charge in [-0.25, -0.2) is 0 Å². The van der Waals surface area contributed by atoms with Crippen LogP contribution in [0.2, 0.25) is 0 Å². The van der Waals surface area contributed by atoms with E-state index in [1.54, 1.807) is 0 Å². The minimum Gasteiger partial charge on any atom is -0.388 e. The SMILES string of the molecule is CNc1ccnc(CN2Cc3ccccc3C2)c1. The molecule has 1 aromatic heterocycles. The smallest absolute Gasteiger partial charge is 0.0564 e. The van der Waals surface area contributed by atoms with E-state index in [2.05, 4.69) is 45.5 Å². The first-order valence-electron chi connectivity index (χ1n) is 6.27. The molecule has 1 N–H and O–H groups in total. The largest absolute Gasteiger partial charge is 0.388 e. The zero-order valence-corrected chi connectivity index (χ0v) is 10.6. The van der Waals surface area contributed by atoms with Crippen molar-refractivity contribution in [2.24, 2.45) is 0 Å². The number of aromatic nitrogens is 1. The zero-order chi connectivity index (χ0) is 12.4. The highest BCUT2D eigenvalue weighted by molar-refractivity contribution is 5.42. The minimum atomic E-state index is 0.907. The lowest BCUT2D eigenvalue weighted by Gasteiger charge is -2.14. The Bertz CT molecular complexity index is 526. The number of benzene rings is 1. The number of pyridine rings is 1. The first kappa shape index (κ1) is 11.2. The number of hydrogen-bond acceptors (Lipinski definition) is 3. The van der Waals surface area contributed by atoms with Gasteiger partial charge in [0, 0.05) is 38.6 Å². The monoisotopic (exact) mass is 239 g/mol. The second-order valence-corrected chi connectivity index (χ2v) is 4.70. The lowest BCUT2D eigenvalue weighted by molar-refractivity contribution is 0.272. The van der Waals surface area contributed by atoms with E-state index < -0.39 is 0 Å². The molecule has 0 aliphatic carbocycles. The van der Waals surface area contributed by atoms with E-state index in [-0.39, 0.29) is 0 Å². The maximum absolute atomic E-state index is 4.43. The Morgan fingerprint density at radius 3 is 2.56 bits per heavy atom. The van der Waals surface area contributed by atoms with Crippen LogP contribution < -0.4 is 5.32 Å². The molecule has 0 amide bonds. The Kier molecular flexibility index (Phi) is 2.99. The minimum absolute atomic E-state index is 0.907. The highest BCUT2D eigenvalue weighted by Crippen LogP contribution is 2.23. The average molecular weight is 239 g/mol. The maximum atomic E-state index is 4.43. The van der Waals surface area contributed by atoms with Crippen LogP contribution in [0.3, 0.4) is 0 Å². The Hall–Kier alpha value is -1.87. The van der Waals surface area contributed by atoms with Crippen molar-refractivity contribution in [3.05, 3.63) is 59.4 Å². The molecule has 0 fully saturated rings. The highest BCUT2D eigenvalue weighted by Gasteiger charge is 2.18. The molecule has 92 valence electrons. The quantitative estimate of drug-likeness (QED) is 0.892. The molecule has 2 aromatic rings. The lowest BCUT2D eigenvalue weighted by Crippen LogP contribution is -2.16. The standard InChI is InChI=1S/C15H17N3/c1-16-14-6-7-17-15(8-14)11-18-9-12-4-2-3-5-13(12)10-18/h2-8H,9-11H2,1H3,(H,16,17). The first-order chi connectivity index (χ1) is 8.85. The van der Waals surface area contributed by atoms with Crippen molar-refractivity contribution < 1.29 is 0 Å². The molecule has 0 unspecified atom stereocenters. The van der Waals surface area contributed by atoms with Crippen LogP contribution in [0, 0.1) is 0 Å². The van der Waals surface area contributed by atoms with Crippen LogP contribution in [-0.4, -0.2) is 16.9 Å². The van der Waals surface area contributed by atoms with Crippen LogP contribution in [-0.2, 0) is 19.6 Å². The van der Waals surface area contributed by atoms with Gasteiger partial charge in [-0.2, -0.15) is 0 Å². The molecule has 0 saturated carbocycles. The summed E-state index contributed by atoms with van der Waals surface area (Å²) in [6, 6.07) is 12.8. The summed E-state index contributed by atoms with van der Waals surface area (Å²) >= 11 is 0. The van der Waals surface area contributed by atoms with Crippen LogP contribution in [0.1, 0.15) is 16.8 Å². The van der Waals surface area contributed by atoms with E-state index in [1.165, 1.54) is 11.1 Å². The fourth-order valence-corrected chi connectivity index (χ4v) is 2.46. The molecule has 3 nitrogen and oxygen atoms in total. The molecule has 0 spiro atoms. The van der Waals surface area contributed by atoms with Gasteiger partial charge in [-0.05, 0) is 23.3 Å². The molecule has 3 rings (SSSR count). The van der Waals surface area contributed by atoms with Gasteiger partial charge in [-0.3, -0.25) is 9.88 Å². The van der Waals surface area contributed by atoms with Crippen LogP contribution >= 0.6 is 0 Å². The van der Waals surface area contributed by atoms with Crippen LogP contribution in [0.5, 0.6) is 0 Å². The Balaban J connectivity index is 1.72. The summed E-state index contributed by atoms with van der Waals surface area (Å²) in [4.78, 5) is 6.86. The van der Waals surface area contributed by atoms with Crippen molar-refractivity contribution in [2.45, 2.75) is 19.6 Å². The van der Waals surface area contributed by atoms with E-state index >= 15 is 0 Å². The van der Waals surface area contributed by atoms with E-state index in [0.717, 1.165) is 31.0 Å². The summed E-state index contributed by atoms with van der Waals surface area (Å²) in [5.74, 6) is 0. The molecule has 18 heavy (non-hydrogen) atoms. The van der Waals surface area contributed by atoms with Crippen molar-refractivity contribution in [1.29, 1.82) is 0 Å². The molecule has 3 heteroatoms. The number of rotatable bonds is 3. The van der Waals surface area contributed by atoms with Gasteiger partial charge in [0.15, 0.2) is 0 Å². The summed E-state index contributed by atoms with van der Waals surface area (Å²) in [6.07, 6.45) is 1.87. The van der Waals surface area contributed by atoms with Gasteiger partial charge in [0.1, 0.15) is 0 Å². The van der Waals surface area contributed by atoms with Crippen molar-refractivity contribution in [1.82, 2.24) is 9.88 Å². The molecule has 1 aliphatic heterocycles. The van der Waals surface area contributed by atoms with Gasteiger partial charge in [0.2, 0.25) is 0 Å². The van der Waals surface area contributed by atoms with Crippen molar-refractivity contribution in [2.75, 3.05) is 12.4 Å². The Labute approximate surface area is 107 Å². The van der Waals surface area contributed by atoms with Crippen LogP contribution in [0.15, 0.2) is 42.6 Å². The molecule has 1 aromatic carbocycles. The first-order valence-corrected chi connectivity index (χ1v) is 6.27. The second-order valence-electron chi connectivity index (χ2n) is 4.70. The maximum Gasteiger partial charge on any atom is 0.0564 e. The van der Waals surface area contributed by atoms with Gasteiger partial charge < -0.3 is 5.32 Å².